The number of hydrogen-bond acceptors (Lipinski definition) is 6. The van der Waals surface area contributed by atoms with E-state index in [0.29, 0.717) is 5.56 Å². The summed E-state index contributed by atoms with van der Waals surface area (Å²) < 4.78 is 1.96. The van der Waals surface area contributed by atoms with E-state index in [2.05, 4.69) is 15.2 Å². The van der Waals surface area contributed by atoms with Gasteiger partial charge in [-0.05, 0) is 25.1 Å². The van der Waals surface area contributed by atoms with Crippen LogP contribution in [0.1, 0.15) is 23.0 Å². The Kier molecular flexibility index (Phi) is 5.96. The minimum Gasteiger partial charge on any atom is -0.478 e. The number of carboxylic acid groups (broad SMARTS) is 1. The van der Waals surface area contributed by atoms with Crippen molar-refractivity contribution in [2.45, 2.75) is 20.0 Å². The Hall–Kier alpha value is -2.26. The van der Waals surface area contributed by atoms with E-state index in [4.69, 9.17) is 10.1 Å². The molecule has 1 fully saturated rings. The molecule has 1 saturated heterocycles. The second-order valence-corrected chi connectivity index (χ2v) is 8.21. The average molecular weight is 415 g/mol. The van der Waals surface area contributed by atoms with E-state index in [1.165, 1.54) is 0 Å². The summed E-state index contributed by atoms with van der Waals surface area (Å²) in [5.41, 5.74) is 3.27. The molecule has 1 aliphatic heterocycles. The van der Waals surface area contributed by atoms with Crippen molar-refractivity contribution in [2.75, 3.05) is 39.3 Å². The molecule has 2 aromatic heterocycles. The first-order valence-electron chi connectivity index (χ1n) is 9.95. The molecule has 1 aromatic carbocycles. The zero-order valence-corrected chi connectivity index (χ0v) is 17.4. The van der Waals surface area contributed by atoms with Gasteiger partial charge in [0.05, 0.1) is 17.9 Å². The molecule has 8 heteroatoms. The van der Waals surface area contributed by atoms with E-state index in [-0.39, 0.29) is 6.61 Å². The number of hydrogen-bond donors (Lipinski definition) is 2. The lowest BCUT2D eigenvalue weighted by Gasteiger charge is -2.33. The highest BCUT2D eigenvalue weighted by Crippen LogP contribution is 2.30. The van der Waals surface area contributed by atoms with Gasteiger partial charge in [-0.15, -0.1) is 11.3 Å². The van der Waals surface area contributed by atoms with Crippen LogP contribution in [0.15, 0.2) is 29.8 Å². The molecule has 7 nitrogen and oxygen atoms in total. The monoisotopic (exact) mass is 414 g/mol. The van der Waals surface area contributed by atoms with Gasteiger partial charge in [0, 0.05) is 73.9 Å². The van der Waals surface area contributed by atoms with Crippen molar-refractivity contribution in [2.24, 2.45) is 0 Å². The number of rotatable bonds is 7. The lowest BCUT2D eigenvalue weighted by atomic mass is 10.1. The number of β-amino-alcohol motifs (C(OH)–C–C–N with tert-alkyl or cyclic N) is 1. The minimum atomic E-state index is -0.903. The number of aliphatic hydroxyl groups is 1. The van der Waals surface area contributed by atoms with Gasteiger partial charge in [-0.25, -0.2) is 9.78 Å². The van der Waals surface area contributed by atoms with Crippen LogP contribution in [0.5, 0.6) is 0 Å². The number of aliphatic hydroxyl groups excluding tert-OH is 1. The van der Waals surface area contributed by atoms with Crippen LogP contribution in [-0.2, 0) is 13.1 Å². The van der Waals surface area contributed by atoms with Gasteiger partial charge in [0.25, 0.3) is 0 Å². The van der Waals surface area contributed by atoms with Crippen LogP contribution in [0.4, 0.5) is 0 Å². The molecule has 0 spiro atoms. The summed E-state index contributed by atoms with van der Waals surface area (Å²) in [5, 5.41) is 22.4. The molecule has 3 heterocycles. The summed E-state index contributed by atoms with van der Waals surface area (Å²) in [7, 11) is 0. The van der Waals surface area contributed by atoms with Crippen molar-refractivity contribution >= 4 is 28.2 Å². The van der Waals surface area contributed by atoms with Gasteiger partial charge in [-0.1, -0.05) is 0 Å². The molecular formula is C21H26N4O3S. The Balaban J connectivity index is 1.51. The van der Waals surface area contributed by atoms with Crippen molar-refractivity contribution in [1.82, 2.24) is 19.4 Å². The predicted molar refractivity (Wildman–Crippen MR) is 114 cm³/mol. The maximum absolute atomic E-state index is 11.6. The number of benzene rings is 1. The Labute approximate surface area is 173 Å². The van der Waals surface area contributed by atoms with Crippen LogP contribution >= 0.6 is 11.3 Å². The van der Waals surface area contributed by atoms with Crippen molar-refractivity contribution < 1.29 is 15.0 Å². The summed E-state index contributed by atoms with van der Waals surface area (Å²) >= 11 is 1.60. The second kappa shape index (κ2) is 8.62. The number of carboxylic acids is 1. The number of nitrogens with zero attached hydrogens (tertiary/aromatic N) is 4. The lowest BCUT2D eigenvalue weighted by molar-refractivity contribution is 0.0699. The van der Waals surface area contributed by atoms with Gasteiger partial charge in [0.15, 0.2) is 0 Å². The van der Waals surface area contributed by atoms with Crippen molar-refractivity contribution in [1.29, 1.82) is 0 Å². The SMILES string of the molecule is CCn1cc(C(=O)O)c2cc(-c3nc(CN4CCN(CCO)CC4)cs3)ccc21. The van der Waals surface area contributed by atoms with Gasteiger partial charge >= 0.3 is 5.97 Å². The third kappa shape index (κ3) is 4.20. The van der Waals surface area contributed by atoms with Crippen molar-refractivity contribution in [3.05, 3.63) is 41.0 Å². The van der Waals surface area contributed by atoms with E-state index in [9.17, 15) is 9.90 Å². The maximum Gasteiger partial charge on any atom is 0.337 e. The normalized spacial score (nSPS) is 15.9. The largest absolute Gasteiger partial charge is 0.478 e. The first kappa shape index (κ1) is 20.0. The first-order chi connectivity index (χ1) is 14.1. The number of aryl methyl sites for hydroxylation is 1. The Morgan fingerprint density at radius 1 is 1.21 bits per heavy atom. The minimum absolute atomic E-state index is 0.213. The number of aromatic carboxylic acids is 1. The van der Waals surface area contributed by atoms with Crippen LogP contribution in [-0.4, -0.2) is 74.9 Å². The fourth-order valence-corrected chi connectivity index (χ4v) is 4.72. The van der Waals surface area contributed by atoms with Crippen LogP contribution in [0.3, 0.4) is 0 Å². The molecule has 0 aliphatic carbocycles. The van der Waals surface area contributed by atoms with Gasteiger partial charge in [0.2, 0.25) is 0 Å². The van der Waals surface area contributed by atoms with Crippen LogP contribution in [0.25, 0.3) is 21.5 Å². The van der Waals surface area contributed by atoms with E-state index >= 15 is 0 Å². The molecule has 0 atom stereocenters. The average Bonchev–Trinajstić information content (AvgIpc) is 3.33. The van der Waals surface area contributed by atoms with E-state index < -0.39 is 5.97 Å². The number of thiazole rings is 1. The quantitative estimate of drug-likeness (QED) is 0.619. The first-order valence-corrected chi connectivity index (χ1v) is 10.8. The smallest absolute Gasteiger partial charge is 0.337 e. The van der Waals surface area contributed by atoms with Crippen LogP contribution in [0, 0.1) is 0 Å². The maximum atomic E-state index is 11.6. The Morgan fingerprint density at radius 2 is 1.97 bits per heavy atom. The highest BCUT2D eigenvalue weighted by molar-refractivity contribution is 7.13. The molecule has 0 radical (unpaired) electrons. The number of fused-ring (bicyclic) bond motifs is 1. The highest BCUT2D eigenvalue weighted by Gasteiger charge is 2.18. The van der Waals surface area contributed by atoms with Gasteiger partial charge in [-0.3, -0.25) is 9.80 Å². The molecule has 0 unspecified atom stereocenters. The lowest BCUT2D eigenvalue weighted by Crippen LogP contribution is -2.46. The van der Waals surface area contributed by atoms with Gasteiger partial charge in [-0.2, -0.15) is 0 Å². The van der Waals surface area contributed by atoms with E-state index in [0.717, 1.165) is 73.0 Å². The van der Waals surface area contributed by atoms with Crippen molar-refractivity contribution in [3.63, 3.8) is 0 Å². The summed E-state index contributed by atoms with van der Waals surface area (Å²) in [6.45, 7) is 8.42. The number of aromatic nitrogens is 2. The van der Waals surface area contributed by atoms with Gasteiger partial charge in [0.1, 0.15) is 5.01 Å². The molecule has 1 aliphatic rings. The summed E-state index contributed by atoms with van der Waals surface area (Å²) in [6.07, 6.45) is 1.71. The zero-order valence-electron chi connectivity index (χ0n) is 16.5. The topological polar surface area (TPSA) is 81.8 Å². The van der Waals surface area contributed by atoms with E-state index in [1.54, 1.807) is 17.5 Å². The fourth-order valence-electron chi connectivity index (χ4n) is 3.92. The summed E-state index contributed by atoms with van der Waals surface area (Å²) in [4.78, 5) is 21.1. The highest BCUT2D eigenvalue weighted by atomic mass is 32.1. The molecule has 2 N–H and O–H groups in total. The van der Waals surface area contributed by atoms with Crippen LogP contribution < -0.4 is 0 Å². The molecule has 3 aromatic rings. The van der Waals surface area contributed by atoms with Crippen LogP contribution in [0.2, 0.25) is 0 Å². The molecular weight excluding hydrogens is 388 g/mol. The predicted octanol–water partition coefficient (Wildman–Crippen LogP) is 2.59. The standard InChI is InChI=1S/C21H26N4O3S/c1-2-25-13-18(21(27)28)17-11-15(3-4-19(17)25)20-22-16(14-29-20)12-24-7-5-23(6-8-24)9-10-26/h3-4,11,13-14,26H,2,5-10,12H2,1H3,(H,27,28). The van der Waals surface area contributed by atoms with E-state index in [1.807, 2.05) is 29.7 Å². The molecule has 29 heavy (non-hydrogen) atoms. The number of piperazine rings is 1. The molecule has 0 saturated carbocycles. The Morgan fingerprint density at radius 3 is 2.66 bits per heavy atom. The molecule has 4 rings (SSSR count). The second-order valence-electron chi connectivity index (χ2n) is 7.35. The van der Waals surface area contributed by atoms with Gasteiger partial charge < -0.3 is 14.8 Å². The third-order valence-electron chi connectivity index (χ3n) is 5.52. The molecule has 154 valence electrons. The van der Waals surface area contributed by atoms with Crippen molar-refractivity contribution in [3.8, 4) is 10.6 Å². The molecule has 0 amide bonds. The number of carbonyl (C=O) groups is 1. The third-order valence-corrected chi connectivity index (χ3v) is 6.46. The summed E-state index contributed by atoms with van der Waals surface area (Å²) in [5.74, 6) is -0.903. The fraction of sp³-hybridized carbons (Fsp3) is 0.429. The Bertz CT molecular complexity index is 1000. The summed E-state index contributed by atoms with van der Waals surface area (Å²) in [6, 6.07) is 5.96. The zero-order chi connectivity index (χ0) is 20.4. The molecule has 0 bridgehead atoms.